The minimum absolute atomic E-state index is 0.154. The monoisotopic (exact) mass is 348 g/mol. The van der Waals surface area contributed by atoms with E-state index in [4.69, 9.17) is 5.73 Å². The Bertz CT molecular complexity index is 804. The topological polar surface area (TPSA) is 79.1 Å². The summed E-state index contributed by atoms with van der Waals surface area (Å²) in [6.45, 7) is 6.17. The molecule has 2 aromatic carbocycles. The predicted molar refractivity (Wildman–Crippen MR) is 108 cm³/mol. The number of hydrogen-bond donors (Lipinski definition) is 3. The Labute approximate surface area is 154 Å². The predicted octanol–water partition coefficient (Wildman–Crippen LogP) is 4.43. The van der Waals surface area contributed by atoms with E-state index in [1.54, 1.807) is 0 Å². The van der Waals surface area contributed by atoms with Crippen molar-refractivity contribution in [2.45, 2.75) is 26.3 Å². The molecule has 1 aromatic heterocycles. The van der Waals surface area contributed by atoms with Gasteiger partial charge in [-0.25, -0.2) is 9.97 Å². The number of benzene rings is 2. The second-order valence-electron chi connectivity index (χ2n) is 6.98. The average Bonchev–Trinajstić information content (AvgIpc) is 2.63. The molecule has 0 aliphatic carbocycles. The molecule has 1 heterocycles. The number of nitrogens with one attached hydrogen (secondary N) is 2. The summed E-state index contributed by atoms with van der Waals surface area (Å²) in [5.41, 5.74) is 11.9. The molecule has 0 saturated carbocycles. The molecule has 0 atom stereocenters. The molecule has 134 valence electrons. The zero-order valence-corrected chi connectivity index (χ0v) is 15.3. The van der Waals surface area contributed by atoms with Crippen molar-refractivity contribution in [3.63, 3.8) is 0 Å². The first-order valence-electron chi connectivity index (χ1n) is 8.49. The van der Waals surface area contributed by atoms with E-state index in [0.717, 1.165) is 11.4 Å². The Morgan fingerprint density at radius 1 is 0.808 bits per heavy atom. The molecule has 0 bridgehead atoms. The Balaban J connectivity index is 1.97. The highest BCUT2D eigenvalue weighted by Gasteiger charge is 2.17. The first kappa shape index (κ1) is 17.5. The van der Waals surface area contributed by atoms with Gasteiger partial charge >= 0.3 is 0 Å². The molecule has 4 N–H and O–H groups in total. The average molecular weight is 348 g/mol. The van der Waals surface area contributed by atoms with Gasteiger partial charge in [0.15, 0.2) is 11.6 Å². The largest absolute Gasteiger partial charge is 0.393 e. The van der Waals surface area contributed by atoms with Crippen LogP contribution >= 0.6 is 0 Å². The number of aromatic nitrogens is 2. The lowest BCUT2D eigenvalue weighted by Gasteiger charge is -2.28. The van der Waals surface area contributed by atoms with Crippen LogP contribution in [-0.4, -0.2) is 15.5 Å². The third-order valence-electron chi connectivity index (χ3n) is 3.62. The van der Waals surface area contributed by atoms with Crippen molar-refractivity contribution in [3.8, 4) is 0 Å². The molecule has 0 radical (unpaired) electrons. The molecule has 3 rings (SSSR count). The summed E-state index contributed by atoms with van der Waals surface area (Å²) in [7, 11) is 0. The van der Waals surface area contributed by atoms with Crippen LogP contribution in [0, 0.1) is 0 Å². The SMILES string of the molecule is CC(C)(C)Nc1ncnc(NN(c2ccccc2)c2ccccc2)c1N. The van der Waals surface area contributed by atoms with Gasteiger partial charge in [0, 0.05) is 5.54 Å². The van der Waals surface area contributed by atoms with Gasteiger partial charge in [0.05, 0.1) is 11.4 Å². The maximum Gasteiger partial charge on any atom is 0.173 e. The van der Waals surface area contributed by atoms with Crippen LogP contribution in [-0.2, 0) is 0 Å². The molecule has 0 saturated heterocycles. The van der Waals surface area contributed by atoms with E-state index in [1.165, 1.54) is 6.33 Å². The molecule has 26 heavy (non-hydrogen) atoms. The van der Waals surface area contributed by atoms with E-state index in [2.05, 4.69) is 41.5 Å². The fourth-order valence-electron chi connectivity index (χ4n) is 2.48. The number of nitrogen functional groups attached to an aromatic ring is 1. The molecular formula is C20H24N6. The van der Waals surface area contributed by atoms with Crippen molar-refractivity contribution >= 4 is 28.7 Å². The van der Waals surface area contributed by atoms with Crippen molar-refractivity contribution in [2.75, 3.05) is 21.5 Å². The fourth-order valence-corrected chi connectivity index (χ4v) is 2.48. The lowest BCUT2D eigenvalue weighted by molar-refractivity contribution is 0.630. The van der Waals surface area contributed by atoms with E-state index in [9.17, 15) is 0 Å². The Morgan fingerprint density at radius 2 is 1.31 bits per heavy atom. The van der Waals surface area contributed by atoms with E-state index in [0.29, 0.717) is 17.3 Å². The molecule has 0 spiro atoms. The third kappa shape index (κ3) is 4.22. The highest BCUT2D eigenvalue weighted by atomic mass is 15.5. The van der Waals surface area contributed by atoms with Crippen molar-refractivity contribution in [2.24, 2.45) is 0 Å². The molecule has 0 aliphatic rings. The smallest absolute Gasteiger partial charge is 0.173 e. The second kappa shape index (κ2) is 7.31. The van der Waals surface area contributed by atoms with Crippen LogP contribution in [0.3, 0.4) is 0 Å². The van der Waals surface area contributed by atoms with Crippen LogP contribution in [0.2, 0.25) is 0 Å². The lowest BCUT2D eigenvalue weighted by Crippen LogP contribution is -2.29. The van der Waals surface area contributed by atoms with Crippen molar-refractivity contribution in [1.29, 1.82) is 0 Å². The highest BCUT2D eigenvalue weighted by Crippen LogP contribution is 2.30. The zero-order chi connectivity index (χ0) is 18.6. The molecular weight excluding hydrogens is 324 g/mol. The molecule has 0 fully saturated rings. The molecule has 6 nitrogen and oxygen atoms in total. The van der Waals surface area contributed by atoms with E-state index < -0.39 is 0 Å². The fraction of sp³-hybridized carbons (Fsp3) is 0.200. The van der Waals surface area contributed by atoms with Gasteiger partial charge in [-0.15, -0.1) is 0 Å². The summed E-state index contributed by atoms with van der Waals surface area (Å²) in [5.74, 6) is 1.15. The number of para-hydroxylation sites is 2. The summed E-state index contributed by atoms with van der Waals surface area (Å²) < 4.78 is 0. The van der Waals surface area contributed by atoms with Gasteiger partial charge in [-0.2, -0.15) is 0 Å². The van der Waals surface area contributed by atoms with Crippen molar-refractivity contribution in [1.82, 2.24) is 9.97 Å². The van der Waals surface area contributed by atoms with Crippen molar-refractivity contribution in [3.05, 3.63) is 67.0 Å². The molecule has 0 unspecified atom stereocenters. The number of rotatable bonds is 5. The molecule has 0 aliphatic heterocycles. The maximum atomic E-state index is 6.32. The Morgan fingerprint density at radius 3 is 1.81 bits per heavy atom. The highest BCUT2D eigenvalue weighted by molar-refractivity contribution is 5.78. The number of nitrogens with zero attached hydrogens (tertiary/aromatic N) is 3. The van der Waals surface area contributed by atoms with Crippen molar-refractivity contribution < 1.29 is 0 Å². The third-order valence-corrected chi connectivity index (χ3v) is 3.62. The van der Waals surface area contributed by atoms with Gasteiger partial charge in [-0.3, -0.25) is 10.4 Å². The Hall–Kier alpha value is -3.28. The number of nitrogens with two attached hydrogens (primary N) is 1. The summed E-state index contributed by atoms with van der Waals surface area (Å²) in [4.78, 5) is 8.60. The first-order chi connectivity index (χ1) is 12.4. The van der Waals surface area contributed by atoms with E-state index in [-0.39, 0.29) is 5.54 Å². The van der Waals surface area contributed by atoms with Crippen LogP contribution in [0.4, 0.5) is 28.7 Å². The first-order valence-corrected chi connectivity index (χ1v) is 8.49. The van der Waals surface area contributed by atoms with Crippen LogP contribution in [0.25, 0.3) is 0 Å². The van der Waals surface area contributed by atoms with Gasteiger partial charge in [-0.1, -0.05) is 36.4 Å². The molecule has 3 aromatic rings. The number of hydrazine groups is 1. The quantitative estimate of drug-likeness (QED) is 0.592. The second-order valence-corrected chi connectivity index (χ2v) is 6.98. The Kier molecular flexibility index (Phi) is 4.93. The van der Waals surface area contributed by atoms with Gasteiger partial charge in [0.25, 0.3) is 0 Å². The van der Waals surface area contributed by atoms with Gasteiger partial charge < -0.3 is 11.1 Å². The summed E-state index contributed by atoms with van der Waals surface area (Å²) in [6, 6.07) is 20.0. The number of hydrogen-bond acceptors (Lipinski definition) is 6. The van der Waals surface area contributed by atoms with E-state index in [1.807, 2.05) is 65.7 Å². The summed E-state index contributed by atoms with van der Waals surface area (Å²) >= 11 is 0. The number of anilines is 5. The maximum absolute atomic E-state index is 6.32. The van der Waals surface area contributed by atoms with Gasteiger partial charge in [-0.05, 0) is 45.0 Å². The van der Waals surface area contributed by atoms with Crippen LogP contribution in [0.1, 0.15) is 20.8 Å². The van der Waals surface area contributed by atoms with Crippen LogP contribution < -0.4 is 21.5 Å². The molecule has 0 amide bonds. The zero-order valence-electron chi connectivity index (χ0n) is 15.3. The normalized spacial score (nSPS) is 11.0. The molecule has 6 heteroatoms. The minimum atomic E-state index is -0.154. The standard InChI is InChI=1S/C20H24N6/c1-20(2,3)24-18-17(21)19(23-14-22-18)25-26(15-10-6-4-7-11-15)16-12-8-5-9-13-16/h4-14H,21H2,1-3H3,(H2,22,23,24,25). The van der Waals surface area contributed by atoms with Crippen LogP contribution in [0.5, 0.6) is 0 Å². The van der Waals surface area contributed by atoms with Crippen LogP contribution in [0.15, 0.2) is 67.0 Å². The minimum Gasteiger partial charge on any atom is -0.393 e. The lowest BCUT2D eigenvalue weighted by atomic mass is 10.1. The van der Waals surface area contributed by atoms with Gasteiger partial charge in [0.1, 0.15) is 12.0 Å². The summed E-state index contributed by atoms with van der Waals surface area (Å²) in [6.07, 6.45) is 1.50. The van der Waals surface area contributed by atoms with Gasteiger partial charge in [0.2, 0.25) is 0 Å². The van der Waals surface area contributed by atoms with E-state index >= 15 is 0 Å². The summed E-state index contributed by atoms with van der Waals surface area (Å²) in [5, 5.41) is 5.25.